The molecule has 0 aliphatic carbocycles. The zero-order chi connectivity index (χ0) is 13.8. The van der Waals surface area contributed by atoms with Crippen LogP contribution in [0.25, 0.3) is 0 Å². The Balaban J connectivity index is 4.51. The summed E-state index contributed by atoms with van der Waals surface area (Å²) in [5.74, 6) is 0.482. The molecule has 1 N–H and O–H groups in total. The van der Waals surface area contributed by atoms with Crippen molar-refractivity contribution in [2.75, 3.05) is 19.0 Å². The van der Waals surface area contributed by atoms with Gasteiger partial charge in [-0.05, 0) is 37.7 Å². The van der Waals surface area contributed by atoms with Gasteiger partial charge in [0.1, 0.15) is 0 Å². The fourth-order valence-corrected chi connectivity index (χ4v) is 1.82. The van der Waals surface area contributed by atoms with E-state index in [2.05, 4.69) is 30.6 Å². The molecule has 0 spiro atoms. The summed E-state index contributed by atoms with van der Waals surface area (Å²) < 4.78 is 0. The van der Waals surface area contributed by atoms with Crippen LogP contribution in [0.5, 0.6) is 0 Å². The average Bonchev–Trinajstić information content (AvgIpc) is 2.37. The first-order valence-electron chi connectivity index (χ1n) is 6.30. The van der Waals surface area contributed by atoms with Gasteiger partial charge in [-0.3, -0.25) is 0 Å². The van der Waals surface area contributed by atoms with Gasteiger partial charge in [0.15, 0.2) is 5.11 Å². The Morgan fingerprint density at radius 2 is 2.17 bits per heavy atom. The van der Waals surface area contributed by atoms with Gasteiger partial charge in [-0.25, -0.2) is 0 Å². The Labute approximate surface area is 121 Å². The number of nitrogens with zero attached hydrogens (tertiary/aromatic N) is 1. The van der Waals surface area contributed by atoms with Gasteiger partial charge in [0, 0.05) is 24.7 Å². The highest BCUT2D eigenvalue weighted by molar-refractivity contribution is 7.80. The van der Waals surface area contributed by atoms with Gasteiger partial charge >= 0.3 is 0 Å². The first kappa shape index (κ1) is 17.2. The van der Waals surface area contributed by atoms with Crippen molar-refractivity contribution < 1.29 is 0 Å². The summed E-state index contributed by atoms with van der Waals surface area (Å²) in [6, 6.07) is 0. The fraction of sp³-hybridized carbons (Fsp3) is 0.500. The van der Waals surface area contributed by atoms with Gasteiger partial charge in [0.05, 0.1) is 0 Å². The monoisotopic (exact) mass is 286 g/mol. The van der Waals surface area contributed by atoms with Crippen LogP contribution in [0.4, 0.5) is 0 Å². The summed E-state index contributed by atoms with van der Waals surface area (Å²) in [5.41, 5.74) is 0.908. The molecule has 0 saturated heterocycles. The van der Waals surface area contributed by atoms with E-state index in [-0.39, 0.29) is 0 Å². The van der Waals surface area contributed by atoms with Crippen LogP contribution in [0.15, 0.2) is 36.6 Å². The van der Waals surface area contributed by atoms with E-state index in [4.69, 9.17) is 23.8 Å². The van der Waals surface area contributed by atoms with E-state index in [1.54, 1.807) is 6.08 Å². The van der Waals surface area contributed by atoms with Crippen molar-refractivity contribution in [2.24, 2.45) is 0 Å². The number of alkyl halides is 1. The van der Waals surface area contributed by atoms with Crippen LogP contribution in [0.1, 0.15) is 26.7 Å². The van der Waals surface area contributed by atoms with E-state index in [0.29, 0.717) is 5.88 Å². The molecule has 0 rings (SSSR count). The number of rotatable bonds is 8. The molecular formula is C14H23ClN2S. The minimum atomic E-state index is 0.482. The summed E-state index contributed by atoms with van der Waals surface area (Å²) >= 11 is 11.0. The number of allylic oxidation sites excluding steroid dienone is 4. The average molecular weight is 287 g/mol. The molecular weight excluding hydrogens is 264 g/mol. The Hall–Kier alpha value is -0.800. The third-order valence-corrected chi connectivity index (χ3v) is 2.92. The SMILES string of the molecule is C=C/C=C(\C=C/CCl)NC(=S)N(CC)CCCC. The lowest BCUT2D eigenvalue weighted by Gasteiger charge is -2.24. The molecule has 0 bridgehead atoms. The number of thiocarbonyl (C=S) groups is 1. The molecule has 102 valence electrons. The largest absolute Gasteiger partial charge is 0.349 e. The number of nitrogens with one attached hydrogen (secondary N) is 1. The summed E-state index contributed by atoms with van der Waals surface area (Å²) in [6.07, 6.45) is 9.70. The van der Waals surface area contributed by atoms with E-state index >= 15 is 0 Å². The molecule has 0 saturated carbocycles. The maximum absolute atomic E-state index is 5.63. The molecule has 0 aliphatic rings. The quantitative estimate of drug-likeness (QED) is 0.414. The molecule has 0 unspecified atom stereocenters. The second-order valence-electron chi connectivity index (χ2n) is 3.78. The highest BCUT2D eigenvalue weighted by atomic mass is 35.5. The number of hydrogen-bond acceptors (Lipinski definition) is 1. The van der Waals surface area contributed by atoms with Crippen LogP contribution in [0, 0.1) is 0 Å². The Morgan fingerprint density at radius 3 is 2.67 bits per heavy atom. The zero-order valence-corrected chi connectivity index (χ0v) is 12.9. The Bertz CT molecular complexity index is 311. The van der Waals surface area contributed by atoms with Crippen LogP contribution in [0.3, 0.4) is 0 Å². The fourth-order valence-electron chi connectivity index (χ4n) is 1.39. The van der Waals surface area contributed by atoms with Crippen molar-refractivity contribution >= 4 is 28.9 Å². The van der Waals surface area contributed by atoms with Crippen LogP contribution < -0.4 is 5.32 Å². The van der Waals surface area contributed by atoms with Gasteiger partial charge in [-0.15, -0.1) is 11.6 Å². The first-order valence-corrected chi connectivity index (χ1v) is 7.24. The third kappa shape index (κ3) is 7.51. The van der Waals surface area contributed by atoms with Crippen molar-refractivity contribution in [3.63, 3.8) is 0 Å². The molecule has 18 heavy (non-hydrogen) atoms. The van der Waals surface area contributed by atoms with Crippen molar-refractivity contribution in [2.45, 2.75) is 26.7 Å². The Morgan fingerprint density at radius 1 is 1.44 bits per heavy atom. The number of unbranched alkanes of at least 4 members (excludes halogenated alkanes) is 1. The smallest absolute Gasteiger partial charge is 0.173 e. The van der Waals surface area contributed by atoms with Crippen LogP contribution in [-0.2, 0) is 0 Å². The van der Waals surface area contributed by atoms with Gasteiger partial charge in [0.2, 0.25) is 0 Å². The van der Waals surface area contributed by atoms with Crippen molar-refractivity contribution in [1.29, 1.82) is 0 Å². The van der Waals surface area contributed by atoms with Crippen molar-refractivity contribution in [3.8, 4) is 0 Å². The molecule has 0 aromatic rings. The van der Waals surface area contributed by atoms with E-state index in [1.165, 1.54) is 6.42 Å². The topological polar surface area (TPSA) is 15.3 Å². The summed E-state index contributed by atoms with van der Waals surface area (Å²) in [7, 11) is 0. The molecule has 0 aromatic carbocycles. The van der Waals surface area contributed by atoms with Crippen molar-refractivity contribution in [1.82, 2.24) is 10.2 Å². The van der Waals surface area contributed by atoms with E-state index < -0.39 is 0 Å². The normalized spacial score (nSPS) is 11.6. The lowest BCUT2D eigenvalue weighted by Crippen LogP contribution is -2.39. The first-order chi connectivity index (χ1) is 8.69. The van der Waals surface area contributed by atoms with Crippen LogP contribution >= 0.6 is 23.8 Å². The van der Waals surface area contributed by atoms with Crippen LogP contribution in [-0.4, -0.2) is 29.0 Å². The molecule has 0 radical (unpaired) electrons. The maximum atomic E-state index is 5.63. The number of hydrogen-bond donors (Lipinski definition) is 1. The predicted octanol–water partition coefficient (Wildman–Crippen LogP) is 3.85. The van der Waals surface area contributed by atoms with Gasteiger partial charge in [-0.2, -0.15) is 0 Å². The predicted molar refractivity (Wildman–Crippen MR) is 86.0 cm³/mol. The summed E-state index contributed by atoms with van der Waals surface area (Å²) in [4.78, 5) is 2.16. The van der Waals surface area contributed by atoms with Gasteiger partial charge < -0.3 is 10.2 Å². The molecule has 0 aromatic heterocycles. The highest BCUT2D eigenvalue weighted by Gasteiger charge is 2.06. The second kappa shape index (κ2) is 11.3. The zero-order valence-electron chi connectivity index (χ0n) is 11.3. The van der Waals surface area contributed by atoms with Gasteiger partial charge in [0.25, 0.3) is 0 Å². The lowest BCUT2D eigenvalue weighted by atomic mass is 10.3. The molecule has 0 aliphatic heterocycles. The minimum absolute atomic E-state index is 0.482. The molecule has 0 fully saturated rings. The molecule has 2 nitrogen and oxygen atoms in total. The maximum Gasteiger partial charge on any atom is 0.173 e. The van der Waals surface area contributed by atoms with E-state index in [0.717, 1.165) is 30.3 Å². The van der Waals surface area contributed by atoms with Gasteiger partial charge in [-0.1, -0.05) is 32.1 Å². The summed E-state index contributed by atoms with van der Waals surface area (Å²) in [5, 5.41) is 3.96. The van der Waals surface area contributed by atoms with Crippen molar-refractivity contribution in [3.05, 3.63) is 36.6 Å². The molecule has 0 atom stereocenters. The molecule has 0 heterocycles. The summed E-state index contributed by atoms with van der Waals surface area (Å²) in [6.45, 7) is 9.87. The standard InChI is InChI=1S/C14H23ClN2S/c1-4-7-12-17(6-3)14(18)16-13(9-5-2)10-8-11-15/h5,8-10H,2,4,6-7,11-12H2,1,3H3,(H,16,18)/b10-8-,13-9+. The van der Waals surface area contributed by atoms with Crippen LogP contribution in [0.2, 0.25) is 0 Å². The number of halogens is 1. The highest BCUT2D eigenvalue weighted by Crippen LogP contribution is 2.00. The van der Waals surface area contributed by atoms with E-state index in [1.807, 2.05) is 18.2 Å². The van der Waals surface area contributed by atoms with E-state index in [9.17, 15) is 0 Å². The lowest BCUT2D eigenvalue weighted by molar-refractivity contribution is 0.425. The molecule has 4 heteroatoms. The Kier molecular flexibility index (Phi) is 10.8. The minimum Gasteiger partial charge on any atom is -0.349 e. The second-order valence-corrected chi connectivity index (χ2v) is 4.47. The molecule has 0 amide bonds. The third-order valence-electron chi connectivity index (χ3n) is 2.39.